The molecule has 1 atom stereocenters. The zero-order valence-corrected chi connectivity index (χ0v) is 13.1. The Morgan fingerprint density at radius 3 is 2.75 bits per heavy atom. The molecular weight excluding hydrogens is 280 g/mol. The summed E-state index contributed by atoms with van der Waals surface area (Å²) in [5.74, 6) is 0.00895. The van der Waals surface area contributed by atoms with Crippen LogP contribution in [-0.4, -0.2) is 57.3 Å². The molecule has 1 heterocycles. The number of nitrogens with one attached hydrogen (secondary N) is 1. The summed E-state index contributed by atoms with van der Waals surface area (Å²) in [5, 5.41) is 3.33. The van der Waals surface area contributed by atoms with Gasteiger partial charge in [0.05, 0.1) is 19.3 Å². The molecule has 1 aromatic rings. The van der Waals surface area contributed by atoms with Crippen molar-refractivity contribution in [2.75, 3.05) is 51.7 Å². The lowest BCUT2D eigenvalue weighted by Gasteiger charge is -2.29. The molecule has 0 bridgehead atoms. The molecule has 0 aliphatic carbocycles. The molecule has 0 radical (unpaired) electrons. The van der Waals surface area contributed by atoms with E-state index < -0.39 is 0 Å². The fourth-order valence-corrected chi connectivity index (χ4v) is 2.81. The molecular formula is C12H22N4O3S. The van der Waals surface area contributed by atoms with E-state index in [-0.39, 0.29) is 17.8 Å². The minimum absolute atomic E-state index is 0.0819. The number of aromatic nitrogens is 1. The zero-order valence-electron chi connectivity index (χ0n) is 12.3. The number of carbonyl (C=O) groups excluding carboxylic acids is 1. The molecule has 0 aromatic carbocycles. The molecule has 1 rings (SSSR count). The van der Waals surface area contributed by atoms with Crippen LogP contribution < -0.4 is 16.0 Å². The van der Waals surface area contributed by atoms with Crippen molar-refractivity contribution in [3.8, 4) is 0 Å². The highest BCUT2D eigenvalue weighted by atomic mass is 32.1. The summed E-state index contributed by atoms with van der Waals surface area (Å²) in [4.78, 5) is 14.0. The summed E-state index contributed by atoms with van der Waals surface area (Å²) in [6.07, 6.45) is 0. The molecule has 0 saturated heterocycles. The monoisotopic (exact) mass is 302 g/mol. The first-order valence-corrected chi connectivity index (χ1v) is 7.05. The van der Waals surface area contributed by atoms with Crippen molar-refractivity contribution < 1.29 is 14.3 Å². The molecule has 0 fully saturated rings. The molecule has 7 nitrogen and oxygen atoms in total. The van der Waals surface area contributed by atoms with E-state index in [1.165, 1.54) is 11.5 Å². The van der Waals surface area contributed by atoms with Crippen molar-refractivity contribution in [3.05, 3.63) is 5.56 Å². The van der Waals surface area contributed by atoms with E-state index in [4.69, 9.17) is 15.2 Å². The molecule has 1 amide bonds. The van der Waals surface area contributed by atoms with E-state index in [1.807, 2.05) is 11.8 Å². The highest BCUT2D eigenvalue weighted by molar-refractivity contribution is 7.11. The van der Waals surface area contributed by atoms with Gasteiger partial charge in [0.25, 0.3) is 5.91 Å². The van der Waals surface area contributed by atoms with Crippen LogP contribution in [0.3, 0.4) is 0 Å². The average Bonchev–Trinajstić information content (AvgIpc) is 2.80. The second-order valence-corrected chi connectivity index (χ2v) is 5.07. The Bertz CT molecular complexity index is 438. The van der Waals surface area contributed by atoms with Crippen molar-refractivity contribution in [2.45, 2.75) is 13.0 Å². The standard InChI is InChI=1S/C12H22N4O3S/c1-8(7-19-4)16(5-6-18-3)12-9(11(17)14-2)10(13)15-20-12/h8H,5-7H2,1-4H3,(H2,13,15)(H,14,17). The fourth-order valence-electron chi connectivity index (χ4n) is 1.87. The smallest absolute Gasteiger partial charge is 0.257 e. The Morgan fingerprint density at radius 1 is 1.50 bits per heavy atom. The summed E-state index contributed by atoms with van der Waals surface area (Å²) >= 11 is 1.21. The predicted molar refractivity (Wildman–Crippen MR) is 80.5 cm³/mol. The Kier molecular flexibility index (Phi) is 6.69. The maximum absolute atomic E-state index is 12.0. The summed E-state index contributed by atoms with van der Waals surface area (Å²) in [5.41, 5.74) is 6.22. The van der Waals surface area contributed by atoms with Gasteiger partial charge >= 0.3 is 0 Å². The highest BCUT2D eigenvalue weighted by Gasteiger charge is 2.25. The van der Waals surface area contributed by atoms with Gasteiger partial charge in [-0.25, -0.2) is 0 Å². The van der Waals surface area contributed by atoms with E-state index >= 15 is 0 Å². The van der Waals surface area contributed by atoms with Crippen LogP contribution in [0.5, 0.6) is 0 Å². The van der Waals surface area contributed by atoms with E-state index in [0.29, 0.717) is 25.3 Å². The van der Waals surface area contributed by atoms with Gasteiger partial charge in [0.15, 0.2) is 5.82 Å². The van der Waals surface area contributed by atoms with Crippen molar-refractivity contribution in [1.29, 1.82) is 0 Å². The van der Waals surface area contributed by atoms with Gasteiger partial charge in [-0.2, -0.15) is 4.37 Å². The van der Waals surface area contributed by atoms with Gasteiger partial charge in [-0.3, -0.25) is 4.79 Å². The summed E-state index contributed by atoms with van der Waals surface area (Å²) in [6, 6.07) is 0.0819. The lowest BCUT2D eigenvalue weighted by atomic mass is 10.2. The van der Waals surface area contributed by atoms with Crippen molar-refractivity contribution in [2.24, 2.45) is 0 Å². The number of carbonyl (C=O) groups is 1. The third-order valence-corrected chi connectivity index (χ3v) is 3.79. The van der Waals surface area contributed by atoms with Gasteiger partial charge in [-0.1, -0.05) is 0 Å². The molecule has 0 aliphatic heterocycles. The third-order valence-electron chi connectivity index (χ3n) is 2.89. The summed E-state index contributed by atoms with van der Waals surface area (Å²) < 4.78 is 14.4. The summed E-state index contributed by atoms with van der Waals surface area (Å²) in [7, 11) is 4.85. The molecule has 3 N–H and O–H groups in total. The molecule has 1 unspecified atom stereocenters. The van der Waals surface area contributed by atoms with E-state index in [1.54, 1.807) is 21.3 Å². The minimum atomic E-state index is -0.238. The Hall–Kier alpha value is -1.38. The number of amides is 1. The quantitative estimate of drug-likeness (QED) is 0.730. The number of methoxy groups -OCH3 is 2. The van der Waals surface area contributed by atoms with Crippen LogP contribution in [0.2, 0.25) is 0 Å². The van der Waals surface area contributed by atoms with E-state index in [2.05, 4.69) is 9.69 Å². The van der Waals surface area contributed by atoms with E-state index in [9.17, 15) is 4.79 Å². The number of nitrogens with zero attached hydrogens (tertiary/aromatic N) is 2. The number of hydrogen-bond acceptors (Lipinski definition) is 7. The molecule has 0 saturated carbocycles. The SMILES string of the molecule is CNC(=O)c1c(N)nsc1N(CCOC)C(C)COC. The molecule has 20 heavy (non-hydrogen) atoms. The maximum atomic E-state index is 12.0. The first kappa shape index (κ1) is 16.7. The number of rotatable bonds is 8. The largest absolute Gasteiger partial charge is 0.383 e. The summed E-state index contributed by atoms with van der Waals surface area (Å²) in [6.45, 7) is 3.73. The Morgan fingerprint density at radius 2 is 2.20 bits per heavy atom. The number of nitrogens with two attached hydrogens (primary N) is 1. The van der Waals surface area contributed by atoms with Crippen molar-refractivity contribution in [1.82, 2.24) is 9.69 Å². The Balaban J connectivity index is 3.09. The molecule has 114 valence electrons. The van der Waals surface area contributed by atoms with Gasteiger partial charge in [0, 0.05) is 27.8 Å². The van der Waals surface area contributed by atoms with Crippen LogP contribution in [-0.2, 0) is 9.47 Å². The minimum Gasteiger partial charge on any atom is -0.383 e. The lowest BCUT2D eigenvalue weighted by molar-refractivity contribution is 0.0964. The van der Waals surface area contributed by atoms with Gasteiger partial charge in [0.2, 0.25) is 0 Å². The van der Waals surface area contributed by atoms with Gasteiger partial charge in [0.1, 0.15) is 10.6 Å². The van der Waals surface area contributed by atoms with Crippen molar-refractivity contribution >= 4 is 28.3 Å². The van der Waals surface area contributed by atoms with Crippen LogP contribution in [0.25, 0.3) is 0 Å². The predicted octanol–water partition coefficient (Wildman–Crippen LogP) is 0.573. The van der Waals surface area contributed by atoms with Crippen molar-refractivity contribution in [3.63, 3.8) is 0 Å². The van der Waals surface area contributed by atoms with Crippen LogP contribution in [0.15, 0.2) is 0 Å². The van der Waals surface area contributed by atoms with Crippen LogP contribution in [0.1, 0.15) is 17.3 Å². The topological polar surface area (TPSA) is 89.7 Å². The zero-order chi connectivity index (χ0) is 15.1. The number of anilines is 2. The van der Waals surface area contributed by atoms with E-state index in [0.717, 1.165) is 5.00 Å². The first-order valence-electron chi connectivity index (χ1n) is 6.28. The highest BCUT2D eigenvalue weighted by Crippen LogP contribution is 2.31. The maximum Gasteiger partial charge on any atom is 0.257 e. The molecule has 1 aromatic heterocycles. The molecule has 0 spiro atoms. The lowest BCUT2D eigenvalue weighted by Crippen LogP contribution is -2.39. The second-order valence-electron chi connectivity index (χ2n) is 4.32. The first-order chi connectivity index (χ1) is 9.56. The number of ether oxygens (including phenoxy) is 2. The second kappa shape index (κ2) is 8.03. The van der Waals surface area contributed by atoms with Crippen LogP contribution >= 0.6 is 11.5 Å². The fraction of sp³-hybridized carbons (Fsp3) is 0.667. The average molecular weight is 302 g/mol. The number of hydrogen-bond donors (Lipinski definition) is 2. The third kappa shape index (κ3) is 3.81. The normalized spacial score (nSPS) is 12.2. The van der Waals surface area contributed by atoms with Crippen LogP contribution in [0, 0.1) is 0 Å². The van der Waals surface area contributed by atoms with Gasteiger partial charge in [-0.15, -0.1) is 0 Å². The van der Waals surface area contributed by atoms with Gasteiger partial charge in [-0.05, 0) is 18.5 Å². The number of nitrogen functional groups attached to an aromatic ring is 1. The molecule has 0 aliphatic rings. The Labute approximate surface area is 123 Å². The van der Waals surface area contributed by atoms with Gasteiger partial charge < -0.3 is 25.4 Å². The van der Waals surface area contributed by atoms with Crippen LogP contribution in [0.4, 0.5) is 10.8 Å². The molecule has 8 heteroatoms.